The first-order valence-electron chi connectivity index (χ1n) is 4.87. The van der Waals surface area contributed by atoms with Gasteiger partial charge in [0.05, 0.1) is 11.3 Å². The average molecular weight is 207 g/mol. The summed E-state index contributed by atoms with van der Waals surface area (Å²) in [6.07, 6.45) is 0. The van der Waals surface area contributed by atoms with E-state index in [-0.39, 0.29) is 5.82 Å². The Balaban J connectivity index is 3.06. The van der Waals surface area contributed by atoms with Crippen molar-refractivity contribution in [3.63, 3.8) is 0 Å². The smallest absolute Gasteiger partial charge is 0.124 e. The number of likely N-dealkylation sites (N-methyl/N-ethyl adjacent to an activating group) is 1. The molecule has 0 heterocycles. The van der Waals surface area contributed by atoms with E-state index in [0.29, 0.717) is 18.7 Å². The lowest BCUT2D eigenvalue weighted by atomic mass is 10.1. The molecule has 2 N–H and O–H groups in total. The third-order valence-electron chi connectivity index (χ3n) is 2.20. The van der Waals surface area contributed by atoms with Crippen LogP contribution in [-0.4, -0.2) is 19.6 Å². The molecule has 0 fully saturated rings. The highest BCUT2D eigenvalue weighted by Gasteiger charge is 2.09. The molecule has 0 bridgehead atoms. The minimum Gasteiger partial charge on any atom is -0.369 e. The quantitative estimate of drug-likeness (QED) is 0.813. The molecule has 0 saturated carbocycles. The van der Waals surface area contributed by atoms with E-state index in [2.05, 4.69) is 0 Å². The fourth-order valence-corrected chi connectivity index (χ4v) is 1.48. The molecule has 80 valence electrons. The van der Waals surface area contributed by atoms with E-state index < -0.39 is 0 Å². The summed E-state index contributed by atoms with van der Waals surface area (Å²) >= 11 is 0. The van der Waals surface area contributed by atoms with Crippen molar-refractivity contribution in [2.24, 2.45) is 5.73 Å². The SMILES string of the molecule is CCN(CCN)c1ccc(F)cc1C#N. The zero-order valence-electron chi connectivity index (χ0n) is 8.70. The molecule has 0 saturated heterocycles. The molecule has 1 aromatic carbocycles. The van der Waals surface area contributed by atoms with Gasteiger partial charge in [0.15, 0.2) is 0 Å². The van der Waals surface area contributed by atoms with Gasteiger partial charge in [0.2, 0.25) is 0 Å². The molecule has 4 heteroatoms. The molecular weight excluding hydrogens is 193 g/mol. The topological polar surface area (TPSA) is 53.0 Å². The number of nitrogens with two attached hydrogens (primary N) is 1. The van der Waals surface area contributed by atoms with E-state index in [1.54, 1.807) is 6.07 Å². The summed E-state index contributed by atoms with van der Waals surface area (Å²) in [6, 6.07) is 6.21. The molecule has 1 rings (SSSR count). The number of hydrogen-bond acceptors (Lipinski definition) is 3. The molecule has 3 nitrogen and oxygen atoms in total. The molecule has 0 aliphatic heterocycles. The lowest BCUT2D eigenvalue weighted by molar-refractivity contribution is 0.627. The predicted molar refractivity (Wildman–Crippen MR) is 58.1 cm³/mol. The third-order valence-corrected chi connectivity index (χ3v) is 2.20. The van der Waals surface area contributed by atoms with Gasteiger partial charge < -0.3 is 10.6 Å². The van der Waals surface area contributed by atoms with E-state index in [1.165, 1.54) is 12.1 Å². The maximum Gasteiger partial charge on any atom is 0.124 e. The number of anilines is 1. The largest absolute Gasteiger partial charge is 0.369 e. The highest BCUT2D eigenvalue weighted by molar-refractivity contribution is 5.59. The minimum absolute atomic E-state index is 0.352. The van der Waals surface area contributed by atoms with Crippen molar-refractivity contribution in [3.05, 3.63) is 29.6 Å². The van der Waals surface area contributed by atoms with Crippen molar-refractivity contribution in [2.75, 3.05) is 24.5 Å². The normalized spacial score (nSPS) is 9.73. The lowest BCUT2D eigenvalue weighted by Crippen LogP contribution is -2.29. The second-order valence-corrected chi connectivity index (χ2v) is 3.14. The number of nitriles is 1. The fraction of sp³-hybridized carbons (Fsp3) is 0.364. The lowest BCUT2D eigenvalue weighted by Gasteiger charge is -2.23. The van der Waals surface area contributed by atoms with Crippen LogP contribution in [0.25, 0.3) is 0 Å². The number of rotatable bonds is 4. The predicted octanol–water partition coefficient (Wildman–Crippen LogP) is 1.48. The molecule has 0 aliphatic rings. The first-order valence-corrected chi connectivity index (χ1v) is 4.87. The summed E-state index contributed by atoms with van der Waals surface area (Å²) < 4.78 is 12.9. The summed E-state index contributed by atoms with van der Waals surface area (Å²) in [6.45, 7) is 3.89. The monoisotopic (exact) mass is 207 g/mol. The summed E-state index contributed by atoms with van der Waals surface area (Å²) in [5, 5.41) is 8.88. The van der Waals surface area contributed by atoms with Gasteiger partial charge in [0, 0.05) is 19.6 Å². The van der Waals surface area contributed by atoms with E-state index in [4.69, 9.17) is 11.0 Å². The van der Waals surface area contributed by atoms with Crippen LogP contribution >= 0.6 is 0 Å². The van der Waals surface area contributed by atoms with Gasteiger partial charge in [-0.15, -0.1) is 0 Å². The van der Waals surface area contributed by atoms with Crippen molar-refractivity contribution >= 4 is 5.69 Å². The van der Waals surface area contributed by atoms with Gasteiger partial charge >= 0.3 is 0 Å². The maximum absolute atomic E-state index is 12.9. The van der Waals surface area contributed by atoms with Crippen LogP contribution in [-0.2, 0) is 0 Å². The zero-order chi connectivity index (χ0) is 11.3. The van der Waals surface area contributed by atoms with E-state index in [1.807, 2.05) is 17.9 Å². The molecule has 0 amide bonds. The van der Waals surface area contributed by atoms with Gasteiger partial charge in [-0.05, 0) is 25.1 Å². The van der Waals surface area contributed by atoms with Gasteiger partial charge in [0.1, 0.15) is 11.9 Å². The Kier molecular flexibility index (Phi) is 4.07. The van der Waals surface area contributed by atoms with Crippen LogP contribution in [0.4, 0.5) is 10.1 Å². The Morgan fingerprint density at radius 3 is 2.80 bits per heavy atom. The molecule has 1 aromatic rings. The zero-order valence-corrected chi connectivity index (χ0v) is 8.70. The number of hydrogen-bond donors (Lipinski definition) is 1. The van der Waals surface area contributed by atoms with Crippen LogP contribution in [0.2, 0.25) is 0 Å². The summed E-state index contributed by atoms with van der Waals surface area (Å²) in [5.74, 6) is -0.390. The average Bonchev–Trinajstić information content (AvgIpc) is 2.26. The molecule has 15 heavy (non-hydrogen) atoms. The van der Waals surface area contributed by atoms with Gasteiger partial charge in [-0.25, -0.2) is 4.39 Å². The Morgan fingerprint density at radius 1 is 1.53 bits per heavy atom. The van der Waals surface area contributed by atoms with Crippen molar-refractivity contribution in [2.45, 2.75) is 6.92 Å². The Labute approximate surface area is 88.9 Å². The first kappa shape index (κ1) is 11.5. The van der Waals surface area contributed by atoms with Crippen molar-refractivity contribution < 1.29 is 4.39 Å². The first-order chi connectivity index (χ1) is 7.22. The van der Waals surface area contributed by atoms with Crippen LogP contribution < -0.4 is 10.6 Å². The Bertz CT molecular complexity index is 371. The van der Waals surface area contributed by atoms with Crippen molar-refractivity contribution in [1.82, 2.24) is 0 Å². The molecule has 0 aliphatic carbocycles. The second kappa shape index (κ2) is 5.32. The van der Waals surface area contributed by atoms with Crippen LogP contribution in [0.5, 0.6) is 0 Å². The number of benzene rings is 1. The van der Waals surface area contributed by atoms with Crippen LogP contribution in [0.1, 0.15) is 12.5 Å². The maximum atomic E-state index is 12.9. The van der Waals surface area contributed by atoms with E-state index in [0.717, 1.165) is 12.2 Å². The summed E-state index contributed by atoms with van der Waals surface area (Å²) in [4.78, 5) is 1.96. The molecule has 0 spiro atoms. The van der Waals surface area contributed by atoms with Gasteiger partial charge in [0.25, 0.3) is 0 Å². The fourth-order valence-electron chi connectivity index (χ4n) is 1.48. The standard InChI is InChI=1S/C11H14FN3/c1-2-15(6-5-13)11-4-3-10(12)7-9(11)8-14/h3-4,7H,2,5-6,13H2,1H3. The van der Waals surface area contributed by atoms with Crippen LogP contribution in [0.3, 0.4) is 0 Å². The van der Waals surface area contributed by atoms with Crippen molar-refractivity contribution in [1.29, 1.82) is 5.26 Å². The Morgan fingerprint density at radius 2 is 2.27 bits per heavy atom. The van der Waals surface area contributed by atoms with E-state index in [9.17, 15) is 4.39 Å². The molecule has 0 unspecified atom stereocenters. The van der Waals surface area contributed by atoms with Crippen LogP contribution in [0.15, 0.2) is 18.2 Å². The van der Waals surface area contributed by atoms with Gasteiger partial charge in [-0.3, -0.25) is 0 Å². The Hall–Kier alpha value is -1.60. The second-order valence-electron chi connectivity index (χ2n) is 3.14. The molecule has 0 atom stereocenters. The summed E-state index contributed by atoms with van der Waals surface area (Å²) in [7, 11) is 0. The van der Waals surface area contributed by atoms with E-state index >= 15 is 0 Å². The summed E-state index contributed by atoms with van der Waals surface area (Å²) in [5.41, 5.74) is 6.56. The highest BCUT2D eigenvalue weighted by atomic mass is 19.1. The van der Waals surface area contributed by atoms with Crippen molar-refractivity contribution in [3.8, 4) is 6.07 Å². The molecule has 0 radical (unpaired) electrons. The molecular formula is C11H14FN3. The third kappa shape index (κ3) is 2.67. The van der Waals surface area contributed by atoms with Crippen LogP contribution in [0, 0.1) is 17.1 Å². The number of halogens is 1. The highest BCUT2D eigenvalue weighted by Crippen LogP contribution is 2.20. The minimum atomic E-state index is -0.390. The van der Waals surface area contributed by atoms with Gasteiger partial charge in [-0.1, -0.05) is 0 Å². The molecule has 0 aromatic heterocycles. The van der Waals surface area contributed by atoms with Gasteiger partial charge in [-0.2, -0.15) is 5.26 Å². The number of nitrogens with zero attached hydrogens (tertiary/aromatic N) is 2.